The average molecular weight is 468 g/mol. The van der Waals surface area contributed by atoms with E-state index in [-0.39, 0.29) is 17.6 Å². The lowest BCUT2D eigenvalue weighted by Crippen LogP contribution is -2.17. The molecular formula is C26H21FN6O2. The van der Waals surface area contributed by atoms with Crippen LogP contribution in [-0.2, 0) is 7.05 Å². The second-order valence-corrected chi connectivity index (χ2v) is 8.05. The minimum Gasteiger partial charge on any atom is -0.321 e. The number of carbonyl (C=O) groups excluding carboxylic acids is 2. The van der Waals surface area contributed by atoms with Crippen LogP contribution in [0.15, 0.2) is 79.3 Å². The molecule has 5 aromatic rings. The van der Waals surface area contributed by atoms with E-state index in [1.54, 1.807) is 46.6 Å². The first kappa shape index (κ1) is 22.0. The molecule has 0 fully saturated rings. The van der Waals surface area contributed by atoms with E-state index in [1.165, 1.54) is 24.7 Å². The fourth-order valence-electron chi connectivity index (χ4n) is 3.91. The van der Waals surface area contributed by atoms with E-state index in [1.807, 2.05) is 31.2 Å². The van der Waals surface area contributed by atoms with Crippen LogP contribution in [0.5, 0.6) is 0 Å². The zero-order valence-electron chi connectivity index (χ0n) is 19.0. The predicted octanol–water partition coefficient (Wildman–Crippen LogP) is 4.71. The molecule has 174 valence electrons. The van der Waals surface area contributed by atoms with Gasteiger partial charge in [-0.05, 0) is 61.0 Å². The summed E-state index contributed by atoms with van der Waals surface area (Å²) >= 11 is 0. The number of benzene rings is 3. The van der Waals surface area contributed by atoms with Crippen molar-refractivity contribution >= 4 is 34.1 Å². The molecule has 0 unspecified atom stereocenters. The number of nitrogens with zero attached hydrogens (tertiary/aromatic N) is 4. The maximum absolute atomic E-state index is 13.3. The number of amides is 2. The summed E-state index contributed by atoms with van der Waals surface area (Å²) in [7, 11) is 1.79. The van der Waals surface area contributed by atoms with Crippen molar-refractivity contribution in [1.29, 1.82) is 0 Å². The molecule has 9 heteroatoms. The minimum absolute atomic E-state index is 0.301. The van der Waals surface area contributed by atoms with E-state index in [0.29, 0.717) is 28.5 Å². The van der Waals surface area contributed by atoms with Gasteiger partial charge in [-0.25, -0.2) is 9.37 Å². The zero-order valence-corrected chi connectivity index (χ0v) is 19.0. The van der Waals surface area contributed by atoms with Gasteiger partial charge in [0.2, 0.25) is 0 Å². The van der Waals surface area contributed by atoms with E-state index < -0.39 is 0 Å². The van der Waals surface area contributed by atoms with Gasteiger partial charge in [0, 0.05) is 29.5 Å². The highest BCUT2D eigenvalue weighted by Crippen LogP contribution is 2.23. The monoisotopic (exact) mass is 468 g/mol. The van der Waals surface area contributed by atoms with E-state index in [2.05, 4.69) is 20.7 Å². The number of fused-ring (bicyclic) bond motifs is 1. The highest BCUT2D eigenvalue weighted by Gasteiger charge is 2.17. The number of para-hydroxylation sites is 1. The Morgan fingerprint density at radius 1 is 0.943 bits per heavy atom. The van der Waals surface area contributed by atoms with Crippen molar-refractivity contribution in [3.05, 3.63) is 102 Å². The Morgan fingerprint density at radius 2 is 1.71 bits per heavy atom. The van der Waals surface area contributed by atoms with Gasteiger partial charge in [-0.3, -0.25) is 18.8 Å². The molecule has 5 rings (SSSR count). The van der Waals surface area contributed by atoms with Crippen molar-refractivity contribution in [2.45, 2.75) is 6.92 Å². The number of anilines is 2. The predicted molar refractivity (Wildman–Crippen MR) is 131 cm³/mol. The van der Waals surface area contributed by atoms with Crippen LogP contribution in [0.3, 0.4) is 0 Å². The standard InChI is InChI=1S/C26H21FN6O2/c1-16-13-18(29-26(35)24-20-5-3-4-6-22(20)32(2)31-24)9-12-21(16)30-25(34)23-14-28-15-33(23)19-10-7-17(27)8-11-19/h3-15H,1-2H3,(H,29,35)(H,30,34). The van der Waals surface area contributed by atoms with E-state index >= 15 is 0 Å². The molecule has 2 aromatic heterocycles. The van der Waals surface area contributed by atoms with Crippen LogP contribution in [0, 0.1) is 12.7 Å². The first-order valence-electron chi connectivity index (χ1n) is 10.8. The molecule has 0 aliphatic heterocycles. The lowest BCUT2D eigenvalue weighted by Gasteiger charge is -2.12. The van der Waals surface area contributed by atoms with Crippen LogP contribution in [0.1, 0.15) is 26.5 Å². The van der Waals surface area contributed by atoms with Crippen LogP contribution in [0.25, 0.3) is 16.6 Å². The van der Waals surface area contributed by atoms with Gasteiger partial charge in [0.1, 0.15) is 11.5 Å². The molecule has 2 amide bonds. The second-order valence-electron chi connectivity index (χ2n) is 8.05. The maximum Gasteiger partial charge on any atom is 0.276 e. The number of imidazole rings is 1. The molecular weight excluding hydrogens is 447 g/mol. The number of hydrogen-bond donors (Lipinski definition) is 2. The van der Waals surface area contributed by atoms with Crippen molar-refractivity contribution < 1.29 is 14.0 Å². The number of rotatable bonds is 5. The summed E-state index contributed by atoms with van der Waals surface area (Å²) in [5, 5.41) is 10.9. The summed E-state index contributed by atoms with van der Waals surface area (Å²) in [5.41, 5.74) is 4.05. The smallest absolute Gasteiger partial charge is 0.276 e. The topological polar surface area (TPSA) is 93.8 Å². The number of hydrogen-bond acceptors (Lipinski definition) is 4. The normalized spacial score (nSPS) is 10.9. The van der Waals surface area contributed by atoms with E-state index in [9.17, 15) is 14.0 Å². The van der Waals surface area contributed by atoms with Gasteiger partial charge in [-0.1, -0.05) is 18.2 Å². The molecule has 2 N–H and O–H groups in total. The van der Waals surface area contributed by atoms with Gasteiger partial charge in [-0.15, -0.1) is 0 Å². The number of nitrogens with one attached hydrogen (secondary N) is 2. The highest BCUT2D eigenvalue weighted by molar-refractivity contribution is 6.11. The number of carbonyl (C=O) groups is 2. The Morgan fingerprint density at radius 3 is 2.49 bits per heavy atom. The summed E-state index contributed by atoms with van der Waals surface area (Å²) in [4.78, 5) is 29.9. The van der Waals surface area contributed by atoms with E-state index in [4.69, 9.17) is 0 Å². The van der Waals surface area contributed by atoms with Crippen LogP contribution in [0.2, 0.25) is 0 Å². The molecule has 35 heavy (non-hydrogen) atoms. The Bertz CT molecular complexity index is 1570. The number of aryl methyl sites for hydroxylation is 2. The van der Waals surface area contributed by atoms with Crippen molar-refractivity contribution in [2.75, 3.05) is 10.6 Å². The molecule has 0 bridgehead atoms. The van der Waals surface area contributed by atoms with Crippen LogP contribution in [-0.4, -0.2) is 31.1 Å². The minimum atomic E-state index is -0.369. The van der Waals surface area contributed by atoms with Crippen molar-refractivity contribution in [3.63, 3.8) is 0 Å². The van der Waals surface area contributed by atoms with Crippen molar-refractivity contribution in [1.82, 2.24) is 19.3 Å². The third-order valence-electron chi connectivity index (χ3n) is 5.68. The molecule has 3 aromatic carbocycles. The lowest BCUT2D eigenvalue weighted by atomic mass is 10.1. The first-order valence-corrected chi connectivity index (χ1v) is 10.8. The van der Waals surface area contributed by atoms with Gasteiger partial charge in [0.15, 0.2) is 5.69 Å². The third-order valence-corrected chi connectivity index (χ3v) is 5.68. The van der Waals surface area contributed by atoms with E-state index in [0.717, 1.165) is 16.5 Å². The fourth-order valence-corrected chi connectivity index (χ4v) is 3.91. The van der Waals surface area contributed by atoms with Crippen LogP contribution < -0.4 is 10.6 Å². The van der Waals surface area contributed by atoms with Gasteiger partial charge >= 0.3 is 0 Å². The molecule has 0 saturated carbocycles. The average Bonchev–Trinajstić information content (AvgIpc) is 3.47. The Balaban J connectivity index is 1.33. The molecule has 0 aliphatic carbocycles. The van der Waals surface area contributed by atoms with Crippen LogP contribution in [0.4, 0.5) is 15.8 Å². The molecule has 0 saturated heterocycles. The second kappa shape index (κ2) is 8.86. The maximum atomic E-state index is 13.3. The van der Waals surface area contributed by atoms with Gasteiger partial charge in [0.05, 0.1) is 18.0 Å². The highest BCUT2D eigenvalue weighted by atomic mass is 19.1. The van der Waals surface area contributed by atoms with Gasteiger partial charge < -0.3 is 10.6 Å². The molecule has 2 heterocycles. The van der Waals surface area contributed by atoms with Crippen molar-refractivity contribution in [3.8, 4) is 5.69 Å². The summed E-state index contributed by atoms with van der Waals surface area (Å²) in [6.45, 7) is 1.83. The Hall–Kier alpha value is -4.79. The Kier molecular flexibility index (Phi) is 5.58. The summed E-state index contributed by atoms with van der Waals surface area (Å²) < 4.78 is 16.5. The fraction of sp³-hybridized carbons (Fsp3) is 0.0769. The number of halogens is 1. The first-order chi connectivity index (χ1) is 16.9. The van der Waals surface area contributed by atoms with Gasteiger partial charge in [0.25, 0.3) is 11.8 Å². The molecule has 0 atom stereocenters. The van der Waals surface area contributed by atoms with Gasteiger partial charge in [-0.2, -0.15) is 5.10 Å². The largest absolute Gasteiger partial charge is 0.321 e. The Labute approximate surface area is 200 Å². The quantitative estimate of drug-likeness (QED) is 0.391. The summed E-state index contributed by atoms with van der Waals surface area (Å²) in [6.07, 6.45) is 2.94. The number of aromatic nitrogens is 4. The lowest BCUT2D eigenvalue weighted by molar-refractivity contribution is 0.101. The molecule has 0 radical (unpaired) electrons. The van der Waals surface area contributed by atoms with Crippen molar-refractivity contribution in [2.24, 2.45) is 7.05 Å². The molecule has 0 aliphatic rings. The SMILES string of the molecule is Cc1cc(NC(=O)c2nn(C)c3ccccc23)ccc1NC(=O)c1cncn1-c1ccc(F)cc1. The molecule has 0 spiro atoms. The van der Waals surface area contributed by atoms with Crippen LogP contribution >= 0.6 is 0 Å². The summed E-state index contributed by atoms with van der Waals surface area (Å²) in [5.74, 6) is -1.05. The summed E-state index contributed by atoms with van der Waals surface area (Å²) in [6, 6.07) is 18.5. The molecule has 8 nitrogen and oxygen atoms in total. The zero-order chi connectivity index (χ0) is 24.5. The third kappa shape index (κ3) is 4.26.